The monoisotopic (exact) mass is 204 g/mol. The molecule has 0 radical (unpaired) electrons. The van der Waals surface area contributed by atoms with Crippen molar-refractivity contribution in [1.29, 1.82) is 0 Å². The molecule has 3 N–H and O–H groups in total. The van der Waals surface area contributed by atoms with Crippen LogP contribution in [0, 0.1) is 0 Å². The fraction of sp³-hybridized carbons (Fsp3) is 0.625. The smallest absolute Gasteiger partial charge is 0.237 e. The molecule has 0 bridgehead atoms. The molecule has 74 valence electrons. The van der Waals surface area contributed by atoms with Crippen LogP contribution in [0.2, 0.25) is 0 Å². The molecule has 1 amide bonds. The molecule has 0 saturated carbocycles. The van der Waals surface area contributed by atoms with Crippen LogP contribution in [0.25, 0.3) is 0 Å². The lowest BCUT2D eigenvalue weighted by Gasteiger charge is -2.09. The number of aliphatic hydroxyl groups excluding tert-OH is 1. The second-order valence-corrected chi connectivity index (χ2v) is 3.62. The summed E-state index contributed by atoms with van der Waals surface area (Å²) in [6.45, 7) is 4.19. The number of rotatable bonds is 3. The zero-order valence-electron chi connectivity index (χ0n) is 7.22. The van der Waals surface area contributed by atoms with Gasteiger partial charge in [0.1, 0.15) is 0 Å². The maximum Gasteiger partial charge on any atom is 0.237 e. The molecule has 1 rings (SSSR count). The Balaban J connectivity index is 2.27. The summed E-state index contributed by atoms with van der Waals surface area (Å²) in [7, 11) is 0. The molecule has 1 heterocycles. The number of aliphatic hydroxyl groups is 1. The van der Waals surface area contributed by atoms with Gasteiger partial charge >= 0.3 is 0 Å². The Labute approximate surface area is 82.0 Å². The Hall–Kier alpha value is -0.580. The van der Waals surface area contributed by atoms with Crippen molar-refractivity contribution in [3.63, 3.8) is 0 Å². The molecule has 1 saturated heterocycles. The van der Waals surface area contributed by atoms with E-state index in [1.807, 2.05) is 0 Å². The van der Waals surface area contributed by atoms with Gasteiger partial charge in [-0.15, -0.1) is 0 Å². The van der Waals surface area contributed by atoms with Gasteiger partial charge < -0.3 is 15.7 Å². The molecule has 13 heavy (non-hydrogen) atoms. The summed E-state index contributed by atoms with van der Waals surface area (Å²) in [5.41, 5.74) is 0. The zero-order chi connectivity index (χ0) is 9.84. The Morgan fingerprint density at radius 3 is 2.92 bits per heavy atom. The lowest BCUT2D eigenvalue weighted by atomic mass is 10.2. The van der Waals surface area contributed by atoms with Crippen molar-refractivity contribution in [3.8, 4) is 0 Å². The predicted molar refractivity (Wildman–Crippen MR) is 50.4 cm³/mol. The highest BCUT2D eigenvalue weighted by atomic mass is 35.5. The van der Waals surface area contributed by atoms with Gasteiger partial charge in [-0.25, -0.2) is 0 Å². The van der Waals surface area contributed by atoms with E-state index in [0.717, 1.165) is 0 Å². The summed E-state index contributed by atoms with van der Waals surface area (Å²) in [5.74, 6) is -0.140. The summed E-state index contributed by atoms with van der Waals surface area (Å²) in [5, 5.41) is 15.0. The summed E-state index contributed by atoms with van der Waals surface area (Å²) in [6, 6.07) is -0.300. The van der Waals surface area contributed by atoms with Gasteiger partial charge in [0.25, 0.3) is 0 Å². The third-order valence-corrected chi connectivity index (χ3v) is 2.01. The third kappa shape index (κ3) is 3.34. The molecule has 0 aromatic carbocycles. The molecule has 0 spiro atoms. The second-order valence-electron chi connectivity index (χ2n) is 3.09. The van der Waals surface area contributed by atoms with E-state index in [4.69, 9.17) is 16.7 Å². The highest BCUT2D eigenvalue weighted by Crippen LogP contribution is 2.06. The summed E-state index contributed by atoms with van der Waals surface area (Å²) in [6.07, 6.45) is 0.0376. The average molecular weight is 205 g/mol. The van der Waals surface area contributed by atoms with Crippen molar-refractivity contribution in [2.45, 2.75) is 18.6 Å². The average Bonchev–Trinajstić information content (AvgIpc) is 2.47. The minimum absolute atomic E-state index is 0.140. The lowest BCUT2D eigenvalue weighted by molar-refractivity contribution is -0.122. The van der Waals surface area contributed by atoms with E-state index in [0.29, 0.717) is 18.0 Å². The van der Waals surface area contributed by atoms with Crippen LogP contribution >= 0.6 is 11.6 Å². The maximum absolute atomic E-state index is 11.3. The number of amides is 1. The summed E-state index contributed by atoms with van der Waals surface area (Å²) >= 11 is 5.48. The van der Waals surface area contributed by atoms with Crippen molar-refractivity contribution >= 4 is 17.5 Å². The zero-order valence-corrected chi connectivity index (χ0v) is 7.97. The van der Waals surface area contributed by atoms with Crippen LogP contribution in [-0.4, -0.2) is 36.2 Å². The van der Waals surface area contributed by atoms with Crippen LogP contribution in [0.5, 0.6) is 0 Å². The van der Waals surface area contributed by atoms with Crippen molar-refractivity contribution in [3.05, 3.63) is 11.6 Å². The van der Waals surface area contributed by atoms with Gasteiger partial charge in [-0.2, -0.15) is 0 Å². The number of carbonyl (C=O) groups excluding carboxylic acids is 1. The first-order valence-corrected chi connectivity index (χ1v) is 4.50. The van der Waals surface area contributed by atoms with Crippen molar-refractivity contribution in [2.75, 3.05) is 13.1 Å². The number of β-amino-alcohol motifs (C(OH)–C–C–N with tert-alkyl or cyclic N) is 1. The number of nitrogens with one attached hydrogen (secondary N) is 2. The third-order valence-electron chi connectivity index (χ3n) is 1.88. The minimum Gasteiger partial charge on any atom is -0.392 e. The van der Waals surface area contributed by atoms with E-state index in [9.17, 15) is 4.79 Å². The molecule has 1 fully saturated rings. The van der Waals surface area contributed by atoms with E-state index >= 15 is 0 Å². The first-order valence-electron chi connectivity index (χ1n) is 4.12. The Bertz CT molecular complexity index is 220. The normalized spacial score (nSPS) is 27.2. The summed E-state index contributed by atoms with van der Waals surface area (Å²) in [4.78, 5) is 11.3. The van der Waals surface area contributed by atoms with Gasteiger partial charge in [0.15, 0.2) is 0 Å². The Kier molecular flexibility index (Phi) is 3.71. The summed E-state index contributed by atoms with van der Waals surface area (Å²) < 4.78 is 0. The van der Waals surface area contributed by atoms with Crippen molar-refractivity contribution < 1.29 is 9.90 Å². The van der Waals surface area contributed by atoms with Crippen LogP contribution in [0.4, 0.5) is 0 Å². The van der Waals surface area contributed by atoms with Crippen molar-refractivity contribution in [2.24, 2.45) is 0 Å². The molecule has 0 aliphatic carbocycles. The van der Waals surface area contributed by atoms with E-state index in [2.05, 4.69) is 17.2 Å². The van der Waals surface area contributed by atoms with Crippen LogP contribution in [0.1, 0.15) is 6.42 Å². The first kappa shape index (κ1) is 10.5. The molecule has 0 aromatic rings. The molecule has 2 unspecified atom stereocenters. The number of hydrogen-bond acceptors (Lipinski definition) is 3. The van der Waals surface area contributed by atoms with Gasteiger partial charge in [0, 0.05) is 11.6 Å². The van der Waals surface area contributed by atoms with E-state index in [-0.39, 0.29) is 18.5 Å². The Morgan fingerprint density at radius 1 is 1.77 bits per heavy atom. The predicted octanol–water partition coefficient (Wildman–Crippen LogP) is -0.422. The van der Waals surface area contributed by atoms with Crippen LogP contribution < -0.4 is 10.6 Å². The Morgan fingerprint density at radius 2 is 2.46 bits per heavy atom. The van der Waals surface area contributed by atoms with Crippen molar-refractivity contribution in [1.82, 2.24) is 10.6 Å². The standard InChI is InChI=1S/C8H13ClN2O2/c1-5(9)3-11-8(13)7-2-6(12)4-10-7/h6-7,10,12H,1-4H2,(H,11,13). The quantitative estimate of drug-likeness (QED) is 0.585. The van der Waals surface area contributed by atoms with Crippen LogP contribution in [-0.2, 0) is 4.79 Å². The maximum atomic E-state index is 11.3. The molecule has 1 aliphatic heterocycles. The number of carbonyl (C=O) groups is 1. The SMILES string of the molecule is C=C(Cl)CNC(=O)C1CC(O)CN1. The van der Waals surface area contributed by atoms with E-state index in [1.54, 1.807) is 0 Å². The van der Waals surface area contributed by atoms with Gasteiger partial charge in [-0.05, 0) is 6.42 Å². The van der Waals surface area contributed by atoms with Crippen LogP contribution in [0.3, 0.4) is 0 Å². The highest BCUT2D eigenvalue weighted by Gasteiger charge is 2.27. The molecule has 4 nitrogen and oxygen atoms in total. The van der Waals surface area contributed by atoms with Gasteiger partial charge in [0.2, 0.25) is 5.91 Å². The van der Waals surface area contributed by atoms with Gasteiger partial charge in [-0.3, -0.25) is 4.79 Å². The molecule has 1 aliphatic rings. The first-order chi connectivity index (χ1) is 6.09. The van der Waals surface area contributed by atoms with Gasteiger partial charge in [-0.1, -0.05) is 18.2 Å². The molecular weight excluding hydrogens is 192 g/mol. The van der Waals surface area contributed by atoms with E-state index in [1.165, 1.54) is 0 Å². The van der Waals surface area contributed by atoms with E-state index < -0.39 is 6.10 Å². The second kappa shape index (κ2) is 4.60. The minimum atomic E-state index is -0.421. The number of hydrogen-bond donors (Lipinski definition) is 3. The fourth-order valence-electron chi connectivity index (χ4n) is 1.22. The molecular formula is C8H13ClN2O2. The van der Waals surface area contributed by atoms with Crippen LogP contribution in [0.15, 0.2) is 11.6 Å². The van der Waals surface area contributed by atoms with Gasteiger partial charge in [0.05, 0.1) is 18.7 Å². The fourth-order valence-corrected chi connectivity index (χ4v) is 1.29. The molecule has 5 heteroatoms. The largest absolute Gasteiger partial charge is 0.392 e. The lowest BCUT2D eigenvalue weighted by Crippen LogP contribution is -2.40. The molecule has 2 atom stereocenters. The molecule has 0 aromatic heterocycles. The highest BCUT2D eigenvalue weighted by molar-refractivity contribution is 6.29. The topological polar surface area (TPSA) is 61.4 Å². The number of halogens is 1.